The minimum atomic E-state index is -0.374. The molecule has 160 valence electrons. The highest BCUT2D eigenvalue weighted by molar-refractivity contribution is 5.73. The minimum absolute atomic E-state index is 0.00511. The maximum absolute atomic E-state index is 12.6. The van der Waals surface area contributed by atoms with Crippen molar-refractivity contribution in [3.8, 4) is 0 Å². The normalized spacial score (nSPS) is 15.1. The third-order valence-corrected chi connectivity index (χ3v) is 5.00. The van der Waals surface area contributed by atoms with Gasteiger partial charge in [0.05, 0.1) is 11.8 Å². The molecule has 0 aromatic rings. The molecule has 0 heterocycles. The number of unbranched alkanes of at least 4 members (excludes halogenated alkanes) is 2. The van der Waals surface area contributed by atoms with Gasteiger partial charge < -0.3 is 9.47 Å². The summed E-state index contributed by atoms with van der Waals surface area (Å²) in [6.45, 7) is 14.8. The van der Waals surface area contributed by atoms with Crippen molar-refractivity contribution in [1.29, 1.82) is 0 Å². The van der Waals surface area contributed by atoms with Gasteiger partial charge in [0.25, 0.3) is 0 Å². The van der Waals surface area contributed by atoms with Crippen molar-refractivity contribution in [3.63, 3.8) is 0 Å². The predicted molar refractivity (Wildman–Crippen MR) is 112 cm³/mol. The van der Waals surface area contributed by atoms with E-state index < -0.39 is 0 Å². The molecule has 0 radical (unpaired) electrons. The fourth-order valence-corrected chi connectivity index (χ4v) is 3.25. The maximum Gasteiger partial charge on any atom is 0.309 e. The lowest BCUT2D eigenvalue weighted by molar-refractivity contribution is -0.166. The zero-order valence-electron chi connectivity index (χ0n) is 18.9. The highest BCUT2D eigenvalue weighted by atomic mass is 16.6. The maximum atomic E-state index is 12.6. The van der Waals surface area contributed by atoms with Crippen molar-refractivity contribution < 1.29 is 19.1 Å². The summed E-state index contributed by atoms with van der Waals surface area (Å²) in [4.78, 5) is 25.0. The number of ether oxygens (including phenoxy) is 2. The summed E-state index contributed by atoms with van der Waals surface area (Å²) in [6.07, 6.45) is 7.82. The molecule has 0 aromatic carbocycles. The van der Waals surface area contributed by atoms with Gasteiger partial charge in [0.15, 0.2) is 0 Å². The standard InChI is InChI=1S/C23H44O4/c1-8-12-14-18(10-3)21(24)26-17-20(16-23(5,6)7)27-22(25)19(11-4)15-13-9-2/h18-20H,8-17H2,1-7H3. The Morgan fingerprint density at radius 1 is 0.815 bits per heavy atom. The predicted octanol–water partition coefficient (Wildman–Crippen LogP) is 6.31. The number of rotatable bonds is 14. The highest BCUT2D eigenvalue weighted by Crippen LogP contribution is 2.25. The van der Waals surface area contributed by atoms with Gasteiger partial charge in [-0.05, 0) is 37.5 Å². The molecule has 0 bridgehead atoms. The first-order valence-corrected chi connectivity index (χ1v) is 11.0. The van der Waals surface area contributed by atoms with E-state index in [4.69, 9.17) is 9.47 Å². The van der Waals surface area contributed by atoms with E-state index in [9.17, 15) is 9.59 Å². The number of hydrogen-bond acceptors (Lipinski definition) is 4. The molecule has 0 N–H and O–H groups in total. The van der Waals surface area contributed by atoms with Crippen molar-refractivity contribution in [2.24, 2.45) is 17.3 Å². The molecule has 0 aromatic heterocycles. The van der Waals surface area contributed by atoms with E-state index in [0.29, 0.717) is 6.42 Å². The van der Waals surface area contributed by atoms with E-state index in [1.54, 1.807) is 0 Å². The summed E-state index contributed by atoms with van der Waals surface area (Å²) < 4.78 is 11.4. The molecule has 4 heteroatoms. The Balaban J connectivity index is 4.84. The molecule has 0 aliphatic carbocycles. The zero-order valence-corrected chi connectivity index (χ0v) is 18.9. The number of carbonyl (C=O) groups excluding carboxylic acids is 2. The smallest absolute Gasteiger partial charge is 0.309 e. The number of hydrogen-bond donors (Lipinski definition) is 0. The topological polar surface area (TPSA) is 52.6 Å². The highest BCUT2D eigenvalue weighted by Gasteiger charge is 2.27. The Hall–Kier alpha value is -1.06. The largest absolute Gasteiger partial charge is 0.462 e. The Labute approximate surface area is 167 Å². The molecule has 0 spiro atoms. The van der Waals surface area contributed by atoms with Gasteiger partial charge in [-0.3, -0.25) is 9.59 Å². The fourth-order valence-electron chi connectivity index (χ4n) is 3.25. The average molecular weight is 385 g/mol. The summed E-state index contributed by atoms with van der Waals surface area (Å²) in [5.41, 5.74) is -0.00511. The van der Waals surface area contributed by atoms with Gasteiger partial charge in [0, 0.05) is 0 Å². The van der Waals surface area contributed by atoms with E-state index in [1.165, 1.54) is 0 Å². The Morgan fingerprint density at radius 2 is 1.30 bits per heavy atom. The van der Waals surface area contributed by atoms with Crippen molar-refractivity contribution >= 4 is 11.9 Å². The van der Waals surface area contributed by atoms with Crippen LogP contribution >= 0.6 is 0 Å². The van der Waals surface area contributed by atoms with Gasteiger partial charge >= 0.3 is 11.9 Å². The van der Waals surface area contributed by atoms with E-state index in [2.05, 4.69) is 34.6 Å². The first-order chi connectivity index (χ1) is 12.7. The molecule has 0 saturated carbocycles. The molecule has 3 unspecified atom stereocenters. The summed E-state index contributed by atoms with van der Waals surface area (Å²) in [6, 6.07) is 0. The summed E-state index contributed by atoms with van der Waals surface area (Å²) in [7, 11) is 0. The first kappa shape index (κ1) is 25.9. The van der Waals surface area contributed by atoms with Crippen LogP contribution in [0.3, 0.4) is 0 Å². The van der Waals surface area contributed by atoms with Crippen LogP contribution in [0.5, 0.6) is 0 Å². The second kappa shape index (κ2) is 14.0. The molecule has 0 aliphatic rings. The Morgan fingerprint density at radius 3 is 1.70 bits per heavy atom. The molecule has 0 amide bonds. The van der Waals surface area contributed by atoms with E-state index in [0.717, 1.165) is 51.4 Å². The van der Waals surface area contributed by atoms with Crippen LogP contribution in [-0.4, -0.2) is 24.6 Å². The lowest BCUT2D eigenvalue weighted by atomic mass is 9.89. The monoisotopic (exact) mass is 384 g/mol. The van der Waals surface area contributed by atoms with Gasteiger partial charge in [0.1, 0.15) is 12.7 Å². The molecule has 0 aliphatic heterocycles. The van der Waals surface area contributed by atoms with Crippen LogP contribution in [0, 0.1) is 17.3 Å². The molecule has 0 saturated heterocycles. The van der Waals surface area contributed by atoms with Crippen LogP contribution in [0.15, 0.2) is 0 Å². The Bertz CT molecular complexity index is 411. The van der Waals surface area contributed by atoms with Crippen LogP contribution < -0.4 is 0 Å². The van der Waals surface area contributed by atoms with E-state index in [1.807, 2.05) is 13.8 Å². The fraction of sp³-hybridized carbons (Fsp3) is 0.913. The van der Waals surface area contributed by atoms with Crippen LogP contribution in [0.4, 0.5) is 0 Å². The lowest BCUT2D eigenvalue weighted by Crippen LogP contribution is -2.33. The summed E-state index contributed by atoms with van der Waals surface area (Å²) in [5.74, 6) is -0.409. The van der Waals surface area contributed by atoms with Crippen molar-refractivity contribution in [3.05, 3.63) is 0 Å². The Kier molecular flexibility index (Phi) is 13.5. The van der Waals surface area contributed by atoms with Crippen LogP contribution in [0.2, 0.25) is 0 Å². The third kappa shape index (κ3) is 12.1. The van der Waals surface area contributed by atoms with Crippen LogP contribution in [-0.2, 0) is 19.1 Å². The van der Waals surface area contributed by atoms with Gasteiger partial charge in [-0.25, -0.2) is 0 Å². The third-order valence-electron chi connectivity index (χ3n) is 5.00. The van der Waals surface area contributed by atoms with Crippen molar-refractivity contribution in [2.45, 2.75) is 112 Å². The molecular formula is C23H44O4. The van der Waals surface area contributed by atoms with Crippen LogP contribution in [0.1, 0.15) is 106 Å². The number of carbonyl (C=O) groups is 2. The molecular weight excluding hydrogens is 340 g/mol. The molecule has 0 fully saturated rings. The van der Waals surface area contributed by atoms with E-state index >= 15 is 0 Å². The molecule has 0 rings (SSSR count). The summed E-state index contributed by atoms with van der Waals surface area (Å²) >= 11 is 0. The average Bonchev–Trinajstić information content (AvgIpc) is 2.59. The molecule has 4 nitrogen and oxygen atoms in total. The molecule has 3 atom stereocenters. The van der Waals surface area contributed by atoms with Gasteiger partial charge in [-0.1, -0.05) is 74.1 Å². The van der Waals surface area contributed by atoms with Gasteiger partial charge in [0.2, 0.25) is 0 Å². The van der Waals surface area contributed by atoms with E-state index in [-0.39, 0.29) is 41.9 Å². The number of esters is 2. The van der Waals surface area contributed by atoms with Crippen molar-refractivity contribution in [1.82, 2.24) is 0 Å². The minimum Gasteiger partial charge on any atom is -0.462 e. The SMILES string of the molecule is CCCCC(CC)C(=O)OCC(CC(C)(C)C)OC(=O)C(CC)CCCC. The summed E-state index contributed by atoms with van der Waals surface area (Å²) in [5, 5.41) is 0. The quantitative estimate of drug-likeness (QED) is 0.329. The second-order valence-electron chi connectivity index (χ2n) is 8.95. The van der Waals surface area contributed by atoms with Gasteiger partial charge in [-0.2, -0.15) is 0 Å². The zero-order chi connectivity index (χ0) is 20.9. The molecule has 27 heavy (non-hydrogen) atoms. The second-order valence-corrected chi connectivity index (χ2v) is 8.95. The van der Waals surface area contributed by atoms with Gasteiger partial charge in [-0.15, -0.1) is 0 Å². The van der Waals surface area contributed by atoms with Crippen LogP contribution in [0.25, 0.3) is 0 Å². The van der Waals surface area contributed by atoms with Crippen molar-refractivity contribution in [2.75, 3.05) is 6.61 Å². The first-order valence-electron chi connectivity index (χ1n) is 11.0. The lowest BCUT2D eigenvalue weighted by Gasteiger charge is -2.27.